The number of ether oxygens (including phenoxy) is 2. The zero-order valence-corrected chi connectivity index (χ0v) is 11.4. The van der Waals surface area contributed by atoms with Crippen LogP contribution < -0.4 is 14.8 Å². The van der Waals surface area contributed by atoms with Gasteiger partial charge in [0.2, 0.25) is 0 Å². The Hall–Kier alpha value is -2.23. The quantitative estimate of drug-likeness (QED) is 0.895. The van der Waals surface area contributed by atoms with E-state index in [1.165, 1.54) is 11.1 Å². The molecule has 0 aliphatic heterocycles. The molecule has 0 saturated heterocycles. The number of nitrogens with zero attached hydrogens (tertiary/aromatic N) is 1. The van der Waals surface area contributed by atoms with Crippen molar-refractivity contribution < 1.29 is 9.47 Å². The lowest BCUT2D eigenvalue weighted by molar-refractivity contribution is 0.395. The number of hydrogen-bond acceptors (Lipinski definition) is 4. The summed E-state index contributed by atoms with van der Waals surface area (Å²) in [5.74, 6) is 1.54. The van der Waals surface area contributed by atoms with Crippen molar-refractivity contribution in [2.75, 3.05) is 19.5 Å². The predicted octanol–water partition coefficient (Wildman–Crippen LogP) is 3.02. The maximum absolute atomic E-state index is 5.35. The molecule has 0 aliphatic carbocycles. The molecule has 0 atom stereocenters. The van der Waals surface area contributed by atoms with Crippen LogP contribution in [0.25, 0.3) is 0 Å². The molecule has 0 bridgehead atoms. The summed E-state index contributed by atoms with van der Waals surface area (Å²) in [5.41, 5.74) is 3.32. The van der Waals surface area contributed by atoms with Crippen LogP contribution in [0.5, 0.6) is 11.5 Å². The fourth-order valence-corrected chi connectivity index (χ4v) is 1.82. The fraction of sp³-hybridized carbons (Fsp3) is 0.267. The Morgan fingerprint density at radius 1 is 1.16 bits per heavy atom. The van der Waals surface area contributed by atoms with Crippen LogP contribution >= 0.6 is 0 Å². The normalized spacial score (nSPS) is 10.1. The van der Waals surface area contributed by atoms with Crippen molar-refractivity contribution in [3.8, 4) is 11.5 Å². The smallest absolute Gasteiger partial charge is 0.145 e. The third-order valence-electron chi connectivity index (χ3n) is 3.03. The Bertz CT molecular complexity index is 556. The van der Waals surface area contributed by atoms with Gasteiger partial charge in [0, 0.05) is 25.0 Å². The first-order chi connectivity index (χ1) is 9.24. The number of aromatic nitrogens is 1. The Labute approximate surface area is 113 Å². The third kappa shape index (κ3) is 3.16. The average molecular weight is 258 g/mol. The van der Waals surface area contributed by atoms with E-state index in [0.29, 0.717) is 6.54 Å². The van der Waals surface area contributed by atoms with Gasteiger partial charge in [-0.05, 0) is 36.2 Å². The van der Waals surface area contributed by atoms with Crippen molar-refractivity contribution in [1.82, 2.24) is 4.98 Å². The van der Waals surface area contributed by atoms with Crippen LogP contribution in [0, 0.1) is 6.92 Å². The number of anilines is 1. The van der Waals surface area contributed by atoms with E-state index < -0.39 is 0 Å². The lowest BCUT2D eigenvalue weighted by Gasteiger charge is -2.13. The molecular formula is C15H18N2O2. The van der Waals surface area contributed by atoms with Gasteiger partial charge in [-0.2, -0.15) is 0 Å². The topological polar surface area (TPSA) is 43.4 Å². The molecule has 0 aliphatic rings. The molecule has 0 amide bonds. The van der Waals surface area contributed by atoms with Gasteiger partial charge >= 0.3 is 0 Å². The zero-order valence-electron chi connectivity index (χ0n) is 11.4. The molecule has 2 aromatic rings. The highest BCUT2D eigenvalue weighted by atomic mass is 16.5. The van der Waals surface area contributed by atoms with Crippen LogP contribution in [-0.4, -0.2) is 19.2 Å². The number of benzene rings is 1. The van der Waals surface area contributed by atoms with Gasteiger partial charge in [-0.15, -0.1) is 0 Å². The first-order valence-corrected chi connectivity index (χ1v) is 6.10. The van der Waals surface area contributed by atoms with E-state index in [4.69, 9.17) is 9.47 Å². The molecule has 0 fully saturated rings. The van der Waals surface area contributed by atoms with Crippen LogP contribution in [0.3, 0.4) is 0 Å². The number of nitrogens with one attached hydrogen (secondary N) is 1. The second-order valence-corrected chi connectivity index (χ2v) is 4.22. The number of pyridine rings is 1. The van der Waals surface area contributed by atoms with Crippen molar-refractivity contribution in [3.05, 3.63) is 47.8 Å². The minimum atomic E-state index is 0.711. The van der Waals surface area contributed by atoms with Gasteiger partial charge in [0.15, 0.2) is 0 Å². The summed E-state index contributed by atoms with van der Waals surface area (Å²) in [4.78, 5) is 4.14. The maximum Gasteiger partial charge on any atom is 0.145 e. The van der Waals surface area contributed by atoms with Gasteiger partial charge in [-0.1, -0.05) is 0 Å². The molecule has 4 nitrogen and oxygen atoms in total. The number of hydrogen-bond donors (Lipinski definition) is 1. The van der Waals surface area contributed by atoms with Crippen LogP contribution in [0.4, 0.5) is 5.69 Å². The Morgan fingerprint density at radius 3 is 2.68 bits per heavy atom. The number of rotatable bonds is 5. The molecule has 1 heterocycles. The Morgan fingerprint density at radius 2 is 2.00 bits per heavy atom. The van der Waals surface area contributed by atoms with Crippen LogP contribution in [-0.2, 0) is 6.54 Å². The third-order valence-corrected chi connectivity index (χ3v) is 3.03. The van der Waals surface area contributed by atoms with E-state index in [-0.39, 0.29) is 0 Å². The van der Waals surface area contributed by atoms with E-state index in [2.05, 4.69) is 17.2 Å². The highest BCUT2D eigenvalue weighted by Gasteiger charge is 2.05. The van der Waals surface area contributed by atoms with E-state index in [0.717, 1.165) is 17.2 Å². The molecule has 100 valence electrons. The molecule has 2 rings (SSSR count). The second-order valence-electron chi connectivity index (χ2n) is 4.22. The van der Waals surface area contributed by atoms with Gasteiger partial charge in [0.1, 0.15) is 11.5 Å². The fourth-order valence-electron chi connectivity index (χ4n) is 1.82. The summed E-state index contributed by atoms with van der Waals surface area (Å²) in [7, 11) is 3.29. The summed E-state index contributed by atoms with van der Waals surface area (Å²) in [5, 5.41) is 3.35. The lowest BCUT2D eigenvalue weighted by atomic mass is 10.1. The van der Waals surface area contributed by atoms with Gasteiger partial charge in [0.05, 0.1) is 19.9 Å². The highest BCUT2D eigenvalue weighted by molar-refractivity contribution is 5.59. The number of methoxy groups -OCH3 is 2. The Kier molecular flexibility index (Phi) is 4.23. The van der Waals surface area contributed by atoms with Crippen LogP contribution in [0.2, 0.25) is 0 Å². The molecule has 19 heavy (non-hydrogen) atoms. The van der Waals surface area contributed by atoms with Crippen LogP contribution in [0.1, 0.15) is 11.1 Å². The van der Waals surface area contributed by atoms with Crippen molar-refractivity contribution >= 4 is 5.69 Å². The minimum Gasteiger partial charge on any atom is -0.497 e. The average Bonchev–Trinajstić information content (AvgIpc) is 2.46. The Balaban J connectivity index is 2.13. The minimum absolute atomic E-state index is 0.711. The van der Waals surface area contributed by atoms with Crippen molar-refractivity contribution in [2.45, 2.75) is 13.5 Å². The molecule has 1 aromatic carbocycles. The van der Waals surface area contributed by atoms with Crippen molar-refractivity contribution in [3.63, 3.8) is 0 Å². The first-order valence-electron chi connectivity index (χ1n) is 6.10. The maximum atomic E-state index is 5.35. The monoisotopic (exact) mass is 258 g/mol. The summed E-state index contributed by atoms with van der Waals surface area (Å²) < 4.78 is 10.5. The predicted molar refractivity (Wildman–Crippen MR) is 75.8 cm³/mol. The number of aryl methyl sites for hydroxylation is 1. The highest BCUT2D eigenvalue weighted by Crippen LogP contribution is 2.29. The van der Waals surface area contributed by atoms with E-state index >= 15 is 0 Å². The zero-order chi connectivity index (χ0) is 13.7. The summed E-state index contributed by atoms with van der Waals surface area (Å²) >= 11 is 0. The van der Waals surface area contributed by atoms with Gasteiger partial charge in [-0.3, -0.25) is 4.98 Å². The summed E-state index contributed by atoms with van der Waals surface area (Å²) in [6.07, 6.45) is 3.67. The standard InChI is InChI=1S/C15H18N2O2/c1-11-6-7-16-9-12(11)10-17-14-5-4-13(18-2)8-15(14)19-3/h4-9,17H,10H2,1-3H3. The summed E-state index contributed by atoms with van der Waals surface area (Å²) in [6, 6.07) is 7.71. The summed E-state index contributed by atoms with van der Waals surface area (Å²) in [6.45, 7) is 2.78. The second kappa shape index (κ2) is 6.09. The molecule has 0 saturated carbocycles. The molecule has 0 spiro atoms. The van der Waals surface area contributed by atoms with Gasteiger partial charge in [0.25, 0.3) is 0 Å². The van der Waals surface area contributed by atoms with E-state index in [1.54, 1.807) is 20.4 Å². The van der Waals surface area contributed by atoms with Crippen LogP contribution in [0.15, 0.2) is 36.7 Å². The van der Waals surface area contributed by atoms with Crippen molar-refractivity contribution in [2.24, 2.45) is 0 Å². The molecule has 0 unspecified atom stereocenters. The molecule has 0 radical (unpaired) electrons. The van der Waals surface area contributed by atoms with Gasteiger partial charge in [-0.25, -0.2) is 0 Å². The van der Waals surface area contributed by atoms with E-state index in [1.807, 2.05) is 30.5 Å². The molecule has 1 aromatic heterocycles. The SMILES string of the molecule is COc1ccc(NCc2cnccc2C)c(OC)c1. The molecule has 4 heteroatoms. The molecular weight excluding hydrogens is 240 g/mol. The van der Waals surface area contributed by atoms with Gasteiger partial charge < -0.3 is 14.8 Å². The largest absolute Gasteiger partial charge is 0.497 e. The van der Waals surface area contributed by atoms with Crippen molar-refractivity contribution in [1.29, 1.82) is 0 Å². The molecule has 1 N–H and O–H groups in total. The lowest BCUT2D eigenvalue weighted by Crippen LogP contribution is -2.03. The first kappa shape index (κ1) is 13.2. The van der Waals surface area contributed by atoms with E-state index in [9.17, 15) is 0 Å².